The SMILES string of the molecule is Cc1cccc(CCC(=O)NCCc2nc3ccccc3o2)c1. The zero-order valence-corrected chi connectivity index (χ0v) is 13.2. The van der Waals surface area contributed by atoms with Crippen LogP contribution < -0.4 is 5.32 Å². The molecule has 0 spiro atoms. The van der Waals surface area contributed by atoms with Crippen LogP contribution in [0.25, 0.3) is 11.1 Å². The van der Waals surface area contributed by atoms with Gasteiger partial charge in [0.25, 0.3) is 0 Å². The predicted molar refractivity (Wildman–Crippen MR) is 90.2 cm³/mol. The summed E-state index contributed by atoms with van der Waals surface area (Å²) < 4.78 is 5.63. The van der Waals surface area contributed by atoms with Gasteiger partial charge in [0.05, 0.1) is 0 Å². The van der Waals surface area contributed by atoms with Gasteiger partial charge in [0, 0.05) is 19.4 Å². The number of amides is 1. The van der Waals surface area contributed by atoms with E-state index >= 15 is 0 Å². The predicted octanol–water partition coefficient (Wildman–Crippen LogP) is 3.43. The molecule has 0 saturated carbocycles. The highest BCUT2D eigenvalue weighted by molar-refractivity contribution is 5.76. The molecule has 118 valence electrons. The Bertz CT molecular complexity index is 775. The number of oxazole rings is 1. The molecule has 3 aromatic rings. The van der Waals surface area contributed by atoms with Crippen LogP contribution in [-0.4, -0.2) is 17.4 Å². The first-order valence-corrected chi connectivity index (χ1v) is 7.87. The molecule has 0 bridgehead atoms. The Labute approximate surface area is 135 Å². The van der Waals surface area contributed by atoms with E-state index in [9.17, 15) is 4.79 Å². The largest absolute Gasteiger partial charge is 0.441 e. The summed E-state index contributed by atoms with van der Waals surface area (Å²) in [6.07, 6.45) is 1.86. The van der Waals surface area contributed by atoms with E-state index in [-0.39, 0.29) is 5.91 Å². The Balaban J connectivity index is 1.44. The topological polar surface area (TPSA) is 55.1 Å². The van der Waals surface area contributed by atoms with E-state index in [2.05, 4.69) is 35.4 Å². The number of rotatable bonds is 6. The standard InChI is InChI=1S/C19H20N2O2/c1-14-5-4-6-15(13-14)9-10-18(22)20-12-11-19-21-16-7-2-3-8-17(16)23-19/h2-8,13H,9-12H2,1H3,(H,20,22). The number of benzene rings is 2. The third kappa shape index (κ3) is 4.19. The fourth-order valence-electron chi connectivity index (χ4n) is 2.55. The van der Waals surface area contributed by atoms with E-state index in [1.54, 1.807) is 0 Å². The number of hydrogen-bond donors (Lipinski definition) is 1. The molecule has 0 saturated heterocycles. The van der Waals surface area contributed by atoms with Crippen molar-refractivity contribution in [2.24, 2.45) is 0 Å². The first-order valence-electron chi connectivity index (χ1n) is 7.87. The highest BCUT2D eigenvalue weighted by Gasteiger charge is 2.06. The van der Waals surface area contributed by atoms with Gasteiger partial charge in [-0.15, -0.1) is 0 Å². The monoisotopic (exact) mass is 308 g/mol. The Morgan fingerprint density at radius 2 is 2.00 bits per heavy atom. The molecule has 0 fully saturated rings. The Hall–Kier alpha value is -2.62. The molecule has 0 radical (unpaired) electrons. The van der Waals surface area contributed by atoms with Crippen molar-refractivity contribution >= 4 is 17.0 Å². The zero-order valence-electron chi connectivity index (χ0n) is 13.2. The highest BCUT2D eigenvalue weighted by Crippen LogP contribution is 2.14. The van der Waals surface area contributed by atoms with E-state index in [1.165, 1.54) is 11.1 Å². The third-order valence-corrected chi connectivity index (χ3v) is 3.72. The second kappa shape index (κ2) is 7.09. The van der Waals surface area contributed by atoms with Crippen molar-refractivity contribution in [1.29, 1.82) is 0 Å². The van der Waals surface area contributed by atoms with Crippen LogP contribution >= 0.6 is 0 Å². The van der Waals surface area contributed by atoms with E-state index < -0.39 is 0 Å². The second-order valence-corrected chi connectivity index (χ2v) is 5.66. The molecule has 4 heteroatoms. The minimum absolute atomic E-state index is 0.0580. The minimum atomic E-state index is 0.0580. The maximum Gasteiger partial charge on any atom is 0.220 e. The molecule has 1 heterocycles. The lowest BCUT2D eigenvalue weighted by atomic mass is 10.1. The van der Waals surface area contributed by atoms with Gasteiger partial charge in [-0.25, -0.2) is 4.98 Å². The summed E-state index contributed by atoms with van der Waals surface area (Å²) in [5, 5.41) is 2.92. The fraction of sp³-hybridized carbons (Fsp3) is 0.263. The van der Waals surface area contributed by atoms with Crippen molar-refractivity contribution in [3.05, 3.63) is 65.5 Å². The zero-order chi connectivity index (χ0) is 16.1. The Kier molecular flexibility index (Phi) is 4.71. The molecule has 4 nitrogen and oxygen atoms in total. The lowest BCUT2D eigenvalue weighted by Gasteiger charge is -2.04. The summed E-state index contributed by atoms with van der Waals surface area (Å²) in [6.45, 7) is 2.60. The van der Waals surface area contributed by atoms with E-state index in [0.29, 0.717) is 25.3 Å². The molecule has 23 heavy (non-hydrogen) atoms. The molecule has 1 aromatic heterocycles. The van der Waals surface area contributed by atoms with Gasteiger partial charge in [-0.1, -0.05) is 42.0 Å². The number of nitrogens with zero attached hydrogens (tertiary/aromatic N) is 1. The second-order valence-electron chi connectivity index (χ2n) is 5.66. The minimum Gasteiger partial charge on any atom is -0.441 e. The van der Waals surface area contributed by atoms with Crippen molar-refractivity contribution in [2.45, 2.75) is 26.2 Å². The van der Waals surface area contributed by atoms with Crippen LogP contribution in [0.5, 0.6) is 0 Å². The van der Waals surface area contributed by atoms with Crippen LogP contribution in [0.1, 0.15) is 23.4 Å². The first kappa shape index (κ1) is 15.3. The van der Waals surface area contributed by atoms with Crippen molar-refractivity contribution in [1.82, 2.24) is 10.3 Å². The molecule has 0 aliphatic carbocycles. The molecular weight excluding hydrogens is 288 g/mol. The molecule has 0 unspecified atom stereocenters. The molecule has 2 aromatic carbocycles. The van der Waals surface area contributed by atoms with Gasteiger partial charge in [0.1, 0.15) is 5.52 Å². The van der Waals surface area contributed by atoms with Crippen LogP contribution in [0.15, 0.2) is 52.9 Å². The molecule has 1 amide bonds. The van der Waals surface area contributed by atoms with E-state index in [0.717, 1.165) is 17.5 Å². The number of fused-ring (bicyclic) bond motifs is 1. The number of hydrogen-bond acceptors (Lipinski definition) is 3. The van der Waals surface area contributed by atoms with Gasteiger partial charge in [0.15, 0.2) is 11.5 Å². The summed E-state index contributed by atoms with van der Waals surface area (Å²) in [5.74, 6) is 0.716. The quantitative estimate of drug-likeness (QED) is 0.759. The molecule has 0 aliphatic rings. The molecule has 0 atom stereocenters. The van der Waals surface area contributed by atoms with Crippen LogP contribution in [0, 0.1) is 6.92 Å². The third-order valence-electron chi connectivity index (χ3n) is 3.72. The van der Waals surface area contributed by atoms with Gasteiger partial charge in [-0.2, -0.15) is 0 Å². The molecule has 0 aliphatic heterocycles. The Morgan fingerprint density at radius 3 is 2.83 bits per heavy atom. The number of carbonyl (C=O) groups is 1. The van der Waals surface area contributed by atoms with Gasteiger partial charge < -0.3 is 9.73 Å². The molecule has 1 N–H and O–H groups in total. The summed E-state index contributed by atoms with van der Waals surface area (Å²) >= 11 is 0. The smallest absolute Gasteiger partial charge is 0.220 e. The lowest BCUT2D eigenvalue weighted by Crippen LogP contribution is -2.25. The van der Waals surface area contributed by atoms with Gasteiger partial charge >= 0.3 is 0 Å². The first-order chi connectivity index (χ1) is 11.2. The maximum atomic E-state index is 11.9. The normalized spacial score (nSPS) is 10.8. The number of aromatic nitrogens is 1. The fourth-order valence-corrected chi connectivity index (χ4v) is 2.55. The summed E-state index contributed by atoms with van der Waals surface area (Å²) in [5.41, 5.74) is 4.06. The average molecular weight is 308 g/mol. The van der Waals surface area contributed by atoms with Crippen molar-refractivity contribution < 1.29 is 9.21 Å². The number of carbonyl (C=O) groups excluding carboxylic acids is 1. The van der Waals surface area contributed by atoms with Gasteiger partial charge in [-0.3, -0.25) is 4.79 Å². The number of para-hydroxylation sites is 2. The van der Waals surface area contributed by atoms with Crippen molar-refractivity contribution in [3.8, 4) is 0 Å². The highest BCUT2D eigenvalue weighted by atomic mass is 16.3. The van der Waals surface area contributed by atoms with Crippen molar-refractivity contribution in [2.75, 3.05) is 6.54 Å². The van der Waals surface area contributed by atoms with Gasteiger partial charge in [0.2, 0.25) is 5.91 Å². The Morgan fingerprint density at radius 1 is 1.13 bits per heavy atom. The lowest BCUT2D eigenvalue weighted by molar-refractivity contribution is -0.121. The van der Waals surface area contributed by atoms with E-state index in [1.807, 2.05) is 30.3 Å². The van der Waals surface area contributed by atoms with Crippen molar-refractivity contribution in [3.63, 3.8) is 0 Å². The molecule has 3 rings (SSSR count). The number of aryl methyl sites for hydroxylation is 2. The summed E-state index contributed by atoms with van der Waals surface area (Å²) in [4.78, 5) is 16.3. The summed E-state index contributed by atoms with van der Waals surface area (Å²) in [6, 6.07) is 15.9. The van der Waals surface area contributed by atoms with Crippen LogP contribution in [0.2, 0.25) is 0 Å². The van der Waals surface area contributed by atoms with Gasteiger partial charge in [-0.05, 0) is 31.0 Å². The van der Waals surface area contributed by atoms with Crippen LogP contribution in [-0.2, 0) is 17.6 Å². The number of nitrogens with one attached hydrogen (secondary N) is 1. The maximum absolute atomic E-state index is 11.9. The van der Waals surface area contributed by atoms with E-state index in [4.69, 9.17) is 4.42 Å². The van der Waals surface area contributed by atoms with Crippen LogP contribution in [0.4, 0.5) is 0 Å². The summed E-state index contributed by atoms with van der Waals surface area (Å²) in [7, 11) is 0. The average Bonchev–Trinajstić information content (AvgIpc) is 2.96. The van der Waals surface area contributed by atoms with Crippen LogP contribution in [0.3, 0.4) is 0 Å². The molecular formula is C19H20N2O2.